The van der Waals surface area contributed by atoms with E-state index in [9.17, 15) is 9.59 Å². The summed E-state index contributed by atoms with van der Waals surface area (Å²) in [4.78, 5) is 22.8. The molecule has 88 valence electrons. The van der Waals surface area contributed by atoms with E-state index in [1.807, 2.05) is 0 Å². The smallest absolute Gasteiger partial charge is 0.307 e. The van der Waals surface area contributed by atoms with Crippen LogP contribution < -0.4 is 10.2 Å². The molecule has 0 saturated heterocycles. The van der Waals surface area contributed by atoms with Gasteiger partial charge in [-0.25, -0.2) is 0 Å². The van der Waals surface area contributed by atoms with Crippen LogP contribution >= 0.6 is 11.3 Å². The standard InChI is InChI=1S/C11H16N2O2S/c14-10(8-13-6-7-16-11(13)15)12-9-4-2-1-3-5-9/h6-7,9H,1-5,8H2,(H,12,14). The van der Waals surface area contributed by atoms with Gasteiger partial charge in [0, 0.05) is 17.6 Å². The Labute approximate surface area is 98.3 Å². The maximum absolute atomic E-state index is 11.7. The monoisotopic (exact) mass is 240 g/mol. The molecule has 0 spiro atoms. The number of hydrogen-bond donors (Lipinski definition) is 1. The number of rotatable bonds is 3. The minimum atomic E-state index is -0.0706. The summed E-state index contributed by atoms with van der Waals surface area (Å²) < 4.78 is 1.45. The summed E-state index contributed by atoms with van der Waals surface area (Å²) in [6, 6.07) is 0.315. The van der Waals surface area contributed by atoms with Crippen molar-refractivity contribution in [3.8, 4) is 0 Å². The van der Waals surface area contributed by atoms with Gasteiger partial charge in [0.25, 0.3) is 0 Å². The van der Waals surface area contributed by atoms with Gasteiger partial charge in [-0.05, 0) is 12.8 Å². The molecule has 1 saturated carbocycles. The number of nitrogens with zero attached hydrogens (tertiary/aromatic N) is 1. The molecule has 2 rings (SSSR count). The van der Waals surface area contributed by atoms with Gasteiger partial charge in [-0.15, -0.1) is 0 Å². The highest BCUT2D eigenvalue weighted by Gasteiger charge is 2.15. The van der Waals surface area contributed by atoms with E-state index in [2.05, 4.69) is 5.32 Å². The summed E-state index contributed by atoms with van der Waals surface area (Å²) in [5.41, 5.74) is 0. The normalized spacial score (nSPS) is 17.2. The Morgan fingerprint density at radius 1 is 1.44 bits per heavy atom. The van der Waals surface area contributed by atoms with Gasteiger partial charge in [0.1, 0.15) is 6.54 Å². The molecule has 16 heavy (non-hydrogen) atoms. The van der Waals surface area contributed by atoms with Crippen molar-refractivity contribution < 1.29 is 4.79 Å². The molecule has 1 N–H and O–H groups in total. The predicted octanol–water partition coefficient (Wildman–Crippen LogP) is 1.36. The van der Waals surface area contributed by atoms with E-state index in [0.717, 1.165) is 24.2 Å². The molecule has 1 aliphatic rings. The highest BCUT2D eigenvalue weighted by atomic mass is 32.1. The van der Waals surface area contributed by atoms with E-state index >= 15 is 0 Å². The number of nitrogens with one attached hydrogen (secondary N) is 1. The van der Waals surface area contributed by atoms with Crippen LogP contribution in [0.5, 0.6) is 0 Å². The molecule has 0 aliphatic heterocycles. The number of carbonyl (C=O) groups is 1. The fraction of sp³-hybridized carbons (Fsp3) is 0.636. The first-order valence-electron chi connectivity index (χ1n) is 5.69. The zero-order valence-electron chi connectivity index (χ0n) is 9.15. The summed E-state index contributed by atoms with van der Waals surface area (Å²) in [6.45, 7) is 0.152. The summed E-state index contributed by atoms with van der Waals surface area (Å²) in [6.07, 6.45) is 7.48. The Balaban J connectivity index is 1.84. The second-order valence-electron chi connectivity index (χ2n) is 4.20. The first-order valence-corrected chi connectivity index (χ1v) is 6.57. The SMILES string of the molecule is O=C(Cn1ccsc1=O)NC1CCCCC1. The molecule has 1 aromatic heterocycles. The Bertz CT molecular complexity index is 404. The van der Waals surface area contributed by atoms with Gasteiger partial charge < -0.3 is 5.32 Å². The van der Waals surface area contributed by atoms with E-state index in [1.165, 1.54) is 23.8 Å². The molecule has 0 atom stereocenters. The van der Waals surface area contributed by atoms with Crippen molar-refractivity contribution in [2.75, 3.05) is 0 Å². The van der Waals surface area contributed by atoms with Crippen LogP contribution in [0, 0.1) is 0 Å². The average molecular weight is 240 g/mol. The van der Waals surface area contributed by atoms with Gasteiger partial charge >= 0.3 is 4.87 Å². The zero-order valence-corrected chi connectivity index (χ0v) is 9.96. The molecule has 1 amide bonds. The van der Waals surface area contributed by atoms with Crippen LogP contribution in [0.3, 0.4) is 0 Å². The van der Waals surface area contributed by atoms with Crippen LogP contribution in [0.4, 0.5) is 0 Å². The second kappa shape index (κ2) is 5.30. The van der Waals surface area contributed by atoms with Gasteiger partial charge in [0.2, 0.25) is 5.91 Å². The maximum Gasteiger partial charge on any atom is 0.307 e. The van der Waals surface area contributed by atoms with Crippen LogP contribution in [0.1, 0.15) is 32.1 Å². The second-order valence-corrected chi connectivity index (χ2v) is 5.06. The van der Waals surface area contributed by atoms with Gasteiger partial charge in [0.15, 0.2) is 0 Å². The topological polar surface area (TPSA) is 51.1 Å². The lowest BCUT2D eigenvalue weighted by molar-refractivity contribution is -0.122. The van der Waals surface area contributed by atoms with E-state index in [1.54, 1.807) is 11.6 Å². The van der Waals surface area contributed by atoms with Crippen molar-refractivity contribution >= 4 is 17.2 Å². The third-order valence-corrected chi connectivity index (χ3v) is 3.62. The lowest BCUT2D eigenvalue weighted by Crippen LogP contribution is -2.39. The van der Waals surface area contributed by atoms with Gasteiger partial charge in [-0.2, -0.15) is 0 Å². The Kier molecular flexibility index (Phi) is 3.77. The van der Waals surface area contributed by atoms with Crippen LogP contribution in [-0.2, 0) is 11.3 Å². The summed E-state index contributed by atoms with van der Waals surface area (Å²) >= 11 is 1.12. The van der Waals surface area contributed by atoms with Gasteiger partial charge in [-0.3, -0.25) is 14.2 Å². The maximum atomic E-state index is 11.7. The molecular formula is C11H16N2O2S. The number of carbonyl (C=O) groups excluding carboxylic acids is 1. The quantitative estimate of drug-likeness (QED) is 0.867. The molecule has 5 heteroatoms. The lowest BCUT2D eigenvalue weighted by Gasteiger charge is -2.22. The largest absolute Gasteiger partial charge is 0.352 e. The molecule has 4 nitrogen and oxygen atoms in total. The Hall–Kier alpha value is -1.10. The molecule has 0 aromatic carbocycles. The van der Waals surface area contributed by atoms with Crippen molar-refractivity contribution in [1.82, 2.24) is 9.88 Å². The van der Waals surface area contributed by atoms with Crippen LogP contribution in [0.2, 0.25) is 0 Å². The minimum absolute atomic E-state index is 0.0487. The van der Waals surface area contributed by atoms with Crippen LogP contribution in [-0.4, -0.2) is 16.5 Å². The molecule has 0 radical (unpaired) electrons. The van der Waals surface area contributed by atoms with Crippen molar-refractivity contribution in [3.05, 3.63) is 21.2 Å². The predicted molar refractivity (Wildman–Crippen MR) is 63.6 cm³/mol. The fourth-order valence-corrected chi connectivity index (χ4v) is 2.67. The van der Waals surface area contributed by atoms with Gasteiger partial charge in [-0.1, -0.05) is 30.6 Å². The van der Waals surface area contributed by atoms with E-state index in [-0.39, 0.29) is 17.3 Å². The molecular weight excluding hydrogens is 224 g/mol. The zero-order chi connectivity index (χ0) is 11.4. The Morgan fingerprint density at radius 3 is 2.81 bits per heavy atom. The lowest BCUT2D eigenvalue weighted by atomic mass is 9.95. The molecule has 1 aromatic rings. The number of aromatic nitrogens is 1. The molecule has 1 fully saturated rings. The summed E-state index contributed by atoms with van der Waals surface area (Å²) in [7, 11) is 0. The number of thiazole rings is 1. The first-order chi connectivity index (χ1) is 7.75. The molecule has 1 heterocycles. The van der Waals surface area contributed by atoms with Crippen molar-refractivity contribution in [1.29, 1.82) is 0 Å². The van der Waals surface area contributed by atoms with E-state index in [0.29, 0.717) is 6.04 Å². The average Bonchev–Trinajstić information content (AvgIpc) is 2.66. The summed E-state index contributed by atoms with van der Waals surface area (Å²) in [5.74, 6) is -0.0487. The third kappa shape index (κ3) is 2.95. The Morgan fingerprint density at radius 2 is 2.19 bits per heavy atom. The van der Waals surface area contributed by atoms with Crippen molar-refractivity contribution in [2.45, 2.75) is 44.7 Å². The fourth-order valence-electron chi connectivity index (χ4n) is 2.08. The highest BCUT2D eigenvalue weighted by molar-refractivity contribution is 7.07. The third-order valence-electron chi connectivity index (χ3n) is 2.93. The van der Waals surface area contributed by atoms with Crippen molar-refractivity contribution in [3.63, 3.8) is 0 Å². The van der Waals surface area contributed by atoms with E-state index in [4.69, 9.17) is 0 Å². The molecule has 0 unspecified atom stereocenters. The highest BCUT2D eigenvalue weighted by Crippen LogP contribution is 2.17. The minimum Gasteiger partial charge on any atom is -0.352 e. The molecule has 0 bridgehead atoms. The van der Waals surface area contributed by atoms with Crippen LogP contribution in [0.25, 0.3) is 0 Å². The number of hydrogen-bond acceptors (Lipinski definition) is 3. The van der Waals surface area contributed by atoms with E-state index < -0.39 is 0 Å². The van der Waals surface area contributed by atoms with Crippen LogP contribution in [0.15, 0.2) is 16.4 Å². The summed E-state index contributed by atoms with van der Waals surface area (Å²) in [5, 5.41) is 4.69. The number of amides is 1. The molecule has 1 aliphatic carbocycles. The van der Waals surface area contributed by atoms with Crippen molar-refractivity contribution in [2.24, 2.45) is 0 Å². The van der Waals surface area contributed by atoms with Gasteiger partial charge in [0.05, 0.1) is 0 Å². The first kappa shape index (κ1) is 11.4.